The summed E-state index contributed by atoms with van der Waals surface area (Å²) in [5.74, 6) is 1.87. The molecular weight excluding hydrogens is 436 g/mol. The number of anilines is 1. The van der Waals surface area contributed by atoms with Crippen molar-refractivity contribution < 1.29 is 23.7 Å². The Morgan fingerprint density at radius 3 is 2.47 bits per heavy atom. The zero-order valence-electron chi connectivity index (χ0n) is 19.3. The van der Waals surface area contributed by atoms with E-state index in [-0.39, 0.29) is 5.91 Å². The van der Waals surface area contributed by atoms with Crippen LogP contribution in [0.25, 0.3) is 11.0 Å². The molecule has 0 saturated carbocycles. The van der Waals surface area contributed by atoms with Gasteiger partial charge in [0.25, 0.3) is 5.91 Å². The summed E-state index contributed by atoms with van der Waals surface area (Å²) in [7, 11) is 4.85. The number of aromatic nitrogens is 3. The molecule has 9 heteroatoms. The van der Waals surface area contributed by atoms with Crippen molar-refractivity contribution in [3.8, 4) is 17.2 Å². The highest BCUT2D eigenvalue weighted by Gasteiger charge is 2.13. The highest BCUT2D eigenvalue weighted by atomic mass is 16.5. The Hall–Kier alpha value is -4.11. The molecule has 0 saturated heterocycles. The third kappa shape index (κ3) is 5.26. The van der Waals surface area contributed by atoms with E-state index in [0.29, 0.717) is 53.9 Å². The Bertz CT molecular complexity index is 1270. The number of hydrogen-bond acceptors (Lipinski definition) is 7. The smallest absolute Gasteiger partial charge is 0.257 e. The molecule has 0 radical (unpaired) electrons. The fourth-order valence-electron chi connectivity index (χ4n) is 3.44. The third-order valence-electron chi connectivity index (χ3n) is 5.22. The molecule has 0 spiro atoms. The van der Waals surface area contributed by atoms with E-state index in [0.717, 1.165) is 10.9 Å². The number of fused-ring (bicyclic) bond motifs is 1. The van der Waals surface area contributed by atoms with Crippen LogP contribution in [0.1, 0.15) is 15.9 Å². The molecule has 34 heavy (non-hydrogen) atoms. The van der Waals surface area contributed by atoms with Crippen LogP contribution in [-0.4, -0.2) is 55.2 Å². The fourth-order valence-corrected chi connectivity index (χ4v) is 3.44. The van der Waals surface area contributed by atoms with Gasteiger partial charge < -0.3 is 24.3 Å². The second-order valence-electron chi connectivity index (χ2n) is 7.44. The van der Waals surface area contributed by atoms with Gasteiger partial charge in [-0.15, -0.1) is 0 Å². The second kappa shape index (κ2) is 10.7. The molecule has 0 aliphatic heterocycles. The van der Waals surface area contributed by atoms with Crippen molar-refractivity contribution in [3.05, 3.63) is 72.1 Å². The van der Waals surface area contributed by atoms with Gasteiger partial charge in [0.15, 0.2) is 5.65 Å². The van der Waals surface area contributed by atoms with Crippen LogP contribution >= 0.6 is 0 Å². The van der Waals surface area contributed by atoms with Gasteiger partial charge in [-0.3, -0.25) is 4.79 Å². The van der Waals surface area contributed by atoms with Crippen LogP contribution in [0.4, 0.5) is 5.69 Å². The lowest BCUT2D eigenvalue weighted by Gasteiger charge is -2.11. The molecule has 2 aromatic carbocycles. The first-order chi connectivity index (χ1) is 16.6. The molecule has 1 N–H and O–H groups in total. The summed E-state index contributed by atoms with van der Waals surface area (Å²) in [5, 5.41) is 8.09. The van der Waals surface area contributed by atoms with Gasteiger partial charge in [-0.05, 0) is 42.5 Å². The maximum absolute atomic E-state index is 12.7. The average molecular weight is 463 g/mol. The van der Waals surface area contributed by atoms with Crippen LogP contribution in [-0.2, 0) is 11.3 Å². The topological polar surface area (TPSA) is 96.7 Å². The fraction of sp³-hybridized carbons (Fsp3) is 0.240. The van der Waals surface area contributed by atoms with Gasteiger partial charge in [0.2, 0.25) is 0 Å². The molecule has 2 aromatic heterocycles. The lowest BCUT2D eigenvalue weighted by molar-refractivity contribution is 0.102. The van der Waals surface area contributed by atoms with Gasteiger partial charge in [0, 0.05) is 36.0 Å². The van der Waals surface area contributed by atoms with Gasteiger partial charge in [-0.1, -0.05) is 0 Å². The van der Waals surface area contributed by atoms with Crippen molar-refractivity contribution >= 4 is 22.6 Å². The van der Waals surface area contributed by atoms with E-state index in [1.54, 1.807) is 68.7 Å². The Morgan fingerprint density at radius 1 is 0.941 bits per heavy atom. The Morgan fingerprint density at radius 2 is 1.74 bits per heavy atom. The normalized spacial score (nSPS) is 10.8. The number of carbonyl (C=O) groups is 1. The first-order valence-corrected chi connectivity index (χ1v) is 10.7. The maximum Gasteiger partial charge on any atom is 0.257 e. The van der Waals surface area contributed by atoms with Crippen LogP contribution < -0.4 is 19.5 Å². The van der Waals surface area contributed by atoms with Crippen molar-refractivity contribution in [2.45, 2.75) is 6.54 Å². The van der Waals surface area contributed by atoms with Crippen molar-refractivity contribution in [2.75, 3.05) is 39.9 Å². The zero-order chi connectivity index (χ0) is 23.9. The Kier molecular flexibility index (Phi) is 7.24. The molecule has 0 bridgehead atoms. The molecule has 0 atom stereocenters. The first kappa shape index (κ1) is 23.1. The largest absolute Gasteiger partial charge is 0.497 e. The number of rotatable bonds is 10. The molecule has 0 unspecified atom stereocenters. The van der Waals surface area contributed by atoms with Gasteiger partial charge >= 0.3 is 0 Å². The van der Waals surface area contributed by atoms with Gasteiger partial charge in [0.1, 0.15) is 23.9 Å². The highest BCUT2D eigenvalue weighted by Crippen LogP contribution is 2.26. The number of hydrogen-bond donors (Lipinski definition) is 1. The molecular formula is C25H26N4O5. The molecule has 4 rings (SSSR count). The van der Waals surface area contributed by atoms with Crippen molar-refractivity contribution in [1.29, 1.82) is 0 Å². The Balaban J connectivity index is 1.46. The van der Waals surface area contributed by atoms with Gasteiger partial charge in [-0.25, -0.2) is 9.67 Å². The number of ether oxygens (including phenoxy) is 4. The van der Waals surface area contributed by atoms with E-state index in [9.17, 15) is 4.79 Å². The number of nitrogens with one attached hydrogen (secondary N) is 1. The summed E-state index contributed by atoms with van der Waals surface area (Å²) in [5.41, 5.74) is 2.71. The molecule has 176 valence electrons. The molecule has 2 heterocycles. The Labute approximate surface area is 197 Å². The summed E-state index contributed by atoms with van der Waals surface area (Å²) in [4.78, 5) is 17.2. The lowest BCUT2D eigenvalue weighted by Crippen LogP contribution is -2.12. The van der Waals surface area contributed by atoms with E-state index >= 15 is 0 Å². The number of nitrogens with zero attached hydrogens (tertiary/aromatic N) is 3. The molecule has 1 amide bonds. The highest BCUT2D eigenvalue weighted by molar-refractivity contribution is 6.05. The van der Waals surface area contributed by atoms with E-state index in [2.05, 4.69) is 15.4 Å². The minimum atomic E-state index is -0.257. The van der Waals surface area contributed by atoms with Crippen LogP contribution in [0.3, 0.4) is 0 Å². The number of amides is 1. The van der Waals surface area contributed by atoms with E-state index in [1.165, 1.54) is 0 Å². The lowest BCUT2D eigenvalue weighted by atomic mass is 10.2. The standard InChI is InChI=1S/C25H26N4O5/c1-31-10-11-34-21-8-5-20(6-9-21)28-25(30)19-12-18-15-27-29(24(18)26-14-19)16-17-4-7-22(32-2)13-23(17)33-3/h4-9,12-15H,10-11,16H2,1-3H3,(H,28,30). The predicted octanol–water partition coefficient (Wildman–Crippen LogP) is 3.77. The molecule has 0 aliphatic carbocycles. The van der Waals surface area contributed by atoms with E-state index < -0.39 is 0 Å². The SMILES string of the molecule is COCCOc1ccc(NC(=O)c2cnc3c(cnn3Cc3ccc(OC)cc3OC)c2)cc1. The number of carbonyl (C=O) groups excluding carboxylic acids is 1. The van der Waals surface area contributed by atoms with Gasteiger partial charge in [0.05, 0.1) is 39.1 Å². The third-order valence-corrected chi connectivity index (χ3v) is 5.22. The minimum absolute atomic E-state index is 0.257. The number of pyridine rings is 1. The van der Waals surface area contributed by atoms with Crippen LogP contribution in [0.2, 0.25) is 0 Å². The quantitative estimate of drug-likeness (QED) is 0.358. The maximum atomic E-state index is 12.7. The van der Waals surface area contributed by atoms with Crippen molar-refractivity contribution in [3.63, 3.8) is 0 Å². The average Bonchev–Trinajstić information content (AvgIpc) is 3.27. The summed E-state index contributed by atoms with van der Waals surface area (Å²) in [6.07, 6.45) is 3.24. The molecule has 4 aromatic rings. The minimum Gasteiger partial charge on any atom is -0.497 e. The molecule has 0 aliphatic rings. The second-order valence-corrected chi connectivity index (χ2v) is 7.44. The van der Waals surface area contributed by atoms with Crippen LogP contribution in [0.15, 0.2) is 60.9 Å². The summed E-state index contributed by atoms with van der Waals surface area (Å²) in [6.45, 7) is 1.44. The monoisotopic (exact) mass is 462 g/mol. The number of benzene rings is 2. The number of methoxy groups -OCH3 is 3. The van der Waals surface area contributed by atoms with Gasteiger partial charge in [-0.2, -0.15) is 5.10 Å². The van der Waals surface area contributed by atoms with Crippen molar-refractivity contribution in [2.24, 2.45) is 0 Å². The van der Waals surface area contributed by atoms with Crippen LogP contribution in [0.5, 0.6) is 17.2 Å². The molecule has 0 fully saturated rings. The molecule has 9 nitrogen and oxygen atoms in total. The summed E-state index contributed by atoms with van der Waals surface area (Å²) >= 11 is 0. The predicted molar refractivity (Wildman–Crippen MR) is 128 cm³/mol. The summed E-state index contributed by atoms with van der Waals surface area (Å²) in [6, 6.07) is 14.6. The summed E-state index contributed by atoms with van der Waals surface area (Å²) < 4.78 is 23.0. The zero-order valence-corrected chi connectivity index (χ0v) is 19.3. The van der Waals surface area contributed by atoms with E-state index in [1.807, 2.05) is 18.2 Å². The van der Waals surface area contributed by atoms with Crippen molar-refractivity contribution in [1.82, 2.24) is 14.8 Å². The van der Waals surface area contributed by atoms with E-state index in [4.69, 9.17) is 18.9 Å². The first-order valence-electron chi connectivity index (χ1n) is 10.7. The van der Waals surface area contributed by atoms with Crippen LogP contribution in [0, 0.1) is 0 Å².